The Labute approximate surface area is 138 Å². The molecule has 23 heavy (non-hydrogen) atoms. The van der Waals surface area contributed by atoms with E-state index in [-0.39, 0.29) is 5.92 Å². The first-order valence-electron chi connectivity index (χ1n) is 7.77. The third kappa shape index (κ3) is 6.04. The summed E-state index contributed by atoms with van der Waals surface area (Å²) in [5, 5.41) is 0. The van der Waals surface area contributed by atoms with Gasteiger partial charge in [-0.15, -0.1) is 6.42 Å². The minimum Gasteiger partial charge on any atom is -0.403 e. The maximum absolute atomic E-state index is 12.6. The molecule has 0 saturated carbocycles. The topological polar surface area (TPSA) is 9.23 Å². The Morgan fingerprint density at radius 1 is 1.13 bits per heavy atom. The predicted molar refractivity (Wildman–Crippen MR) is 90.7 cm³/mol. The summed E-state index contributed by atoms with van der Waals surface area (Å²) in [6, 6.07) is 6.15. The zero-order valence-electron chi connectivity index (χ0n) is 14.4. The summed E-state index contributed by atoms with van der Waals surface area (Å²) in [6.45, 7) is 10.4. The lowest BCUT2D eigenvalue weighted by Gasteiger charge is -2.31. The fourth-order valence-corrected chi connectivity index (χ4v) is 5.83. The second kappa shape index (κ2) is 7.54. The van der Waals surface area contributed by atoms with Gasteiger partial charge in [0.15, 0.2) is 8.32 Å². The van der Waals surface area contributed by atoms with Crippen LogP contribution in [0.5, 0.6) is 0 Å². The first kappa shape index (κ1) is 19.8. The Morgan fingerprint density at radius 3 is 2.04 bits per heavy atom. The van der Waals surface area contributed by atoms with Crippen molar-refractivity contribution in [3.05, 3.63) is 35.4 Å². The van der Waals surface area contributed by atoms with Gasteiger partial charge in [-0.2, -0.15) is 13.2 Å². The normalized spacial score (nSPS) is 15.3. The van der Waals surface area contributed by atoms with Crippen LogP contribution in [0.25, 0.3) is 0 Å². The molecular weight excluding hydrogens is 317 g/mol. The van der Waals surface area contributed by atoms with Crippen LogP contribution in [0, 0.1) is 18.3 Å². The van der Waals surface area contributed by atoms with Crippen molar-refractivity contribution in [3.63, 3.8) is 0 Å². The van der Waals surface area contributed by atoms with Crippen LogP contribution in [-0.2, 0) is 10.6 Å². The third-order valence-electron chi connectivity index (χ3n) is 3.73. The van der Waals surface area contributed by atoms with E-state index in [9.17, 15) is 13.2 Å². The van der Waals surface area contributed by atoms with E-state index in [1.54, 1.807) is 0 Å². The molecule has 0 aliphatic carbocycles. The van der Waals surface area contributed by atoms with Gasteiger partial charge in [0, 0.05) is 5.92 Å². The van der Waals surface area contributed by atoms with Gasteiger partial charge in [0.05, 0.1) is 5.56 Å². The number of alkyl halides is 3. The van der Waals surface area contributed by atoms with Gasteiger partial charge in [-0.3, -0.25) is 0 Å². The minimum absolute atomic E-state index is 0.152. The molecule has 5 heteroatoms. The smallest absolute Gasteiger partial charge is 0.403 e. The van der Waals surface area contributed by atoms with Crippen molar-refractivity contribution in [1.82, 2.24) is 0 Å². The maximum Gasteiger partial charge on any atom is 0.416 e. The van der Waals surface area contributed by atoms with Crippen LogP contribution in [0.15, 0.2) is 24.3 Å². The van der Waals surface area contributed by atoms with Crippen LogP contribution in [0.2, 0.25) is 19.1 Å². The highest BCUT2D eigenvalue weighted by Crippen LogP contribution is 2.32. The molecule has 0 bridgehead atoms. The highest BCUT2D eigenvalue weighted by Gasteiger charge is 2.32. The number of benzene rings is 1. The second-order valence-corrected chi connectivity index (χ2v) is 11.1. The first-order chi connectivity index (χ1) is 10.5. The molecule has 0 aliphatic heterocycles. The summed E-state index contributed by atoms with van der Waals surface area (Å²) in [4.78, 5) is 0. The number of hydrogen-bond acceptors (Lipinski definition) is 1. The number of hydrogen-bond donors (Lipinski definition) is 0. The van der Waals surface area contributed by atoms with Crippen molar-refractivity contribution in [2.45, 2.75) is 58.1 Å². The van der Waals surface area contributed by atoms with Gasteiger partial charge in [0.1, 0.15) is 6.10 Å². The molecule has 1 rings (SSSR count). The largest absolute Gasteiger partial charge is 0.416 e. The fraction of sp³-hybridized carbons (Fsp3) is 0.556. The molecule has 0 aromatic heterocycles. The Bertz CT molecular complexity index is 541. The molecule has 0 saturated heterocycles. The van der Waals surface area contributed by atoms with Crippen molar-refractivity contribution < 1.29 is 17.6 Å². The minimum atomic E-state index is -4.32. The maximum atomic E-state index is 12.6. The van der Waals surface area contributed by atoms with Crippen LogP contribution in [-0.4, -0.2) is 14.4 Å². The van der Waals surface area contributed by atoms with Crippen LogP contribution in [0.3, 0.4) is 0 Å². The molecule has 0 heterocycles. The van der Waals surface area contributed by atoms with Gasteiger partial charge in [0.25, 0.3) is 0 Å². The summed E-state index contributed by atoms with van der Waals surface area (Å²) in [6.07, 6.45) is 0.868. The summed E-state index contributed by atoms with van der Waals surface area (Å²) >= 11 is 0. The lowest BCUT2D eigenvalue weighted by Crippen LogP contribution is -2.38. The molecule has 0 fully saturated rings. The molecule has 0 radical (unpaired) electrons. The molecule has 0 N–H and O–H groups in total. The molecule has 2 unspecified atom stereocenters. The highest BCUT2D eigenvalue weighted by molar-refractivity contribution is 6.71. The number of rotatable bonds is 6. The Morgan fingerprint density at radius 2 is 1.65 bits per heavy atom. The Balaban J connectivity index is 2.89. The van der Waals surface area contributed by atoms with Crippen molar-refractivity contribution in [1.29, 1.82) is 0 Å². The summed E-state index contributed by atoms with van der Waals surface area (Å²) in [7, 11) is -1.91. The average Bonchev–Trinajstić information content (AvgIpc) is 2.42. The molecule has 1 aromatic rings. The molecule has 1 aromatic carbocycles. The van der Waals surface area contributed by atoms with Crippen molar-refractivity contribution in [2.24, 2.45) is 5.92 Å². The van der Waals surface area contributed by atoms with E-state index in [4.69, 9.17) is 10.8 Å². The van der Waals surface area contributed by atoms with Crippen LogP contribution >= 0.6 is 0 Å². The zero-order valence-corrected chi connectivity index (χ0v) is 15.4. The van der Waals surface area contributed by atoms with E-state index in [0.717, 1.165) is 23.7 Å². The summed E-state index contributed by atoms with van der Waals surface area (Å²) < 4.78 is 44.1. The fourth-order valence-electron chi connectivity index (χ4n) is 2.81. The van der Waals surface area contributed by atoms with Crippen molar-refractivity contribution in [3.8, 4) is 12.3 Å². The number of halogens is 3. The standard InChI is InChI=1S/C18H25F3OSi/c1-7-17(22-23(5,6)12-13(2)3)14(4)15-8-10-16(11-9-15)18(19,20)21/h1,8-11,13-14,17H,12H2,2-6H3. The Kier molecular flexibility index (Phi) is 6.49. The lowest BCUT2D eigenvalue weighted by atomic mass is 9.95. The van der Waals surface area contributed by atoms with Gasteiger partial charge in [-0.1, -0.05) is 38.8 Å². The summed E-state index contributed by atoms with van der Waals surface area (Å²) in [5.74, 6) is 3.04. The van der Waals surface area contributed by atoms with E-state index >= 15 is 0 Å². The first-order valence-corrected chi connectivity index (χ1v) is 10.9. The highest BCUT2D eigenvalue weighted by atomic mass is 28.4. The van der Waals surface area contributed by atoms with E-state index in [0.29, 0.717) is 5.92 Å². The monoisotopic (exact) mass is 342 g/mol. The molecular formula is C18H25F3OSi. The van der Waals surface area contributed by atoms with Gasteiger partial charge in [-0.05, 0) is 42.8 Å². The second-order valence-electron chi connectivity index (χ2n) is 6.97. The predicted octanol–water partition coefficient (Wildman–Crippen LogP) is 5.69. The van der Waals surface area contributed by atoms with Gasteiger partial charge >= 0.3 is 6.18 Å². The quantitative estimate of drug-likeness (QED) is 0.477. The molecule has 2 atom stereocenters. The van der Waals surface area contributed by atoms with Crippen molar-refractivity contribution >= 4 is 8.32 Å². The van der Waals surface area contributed by atoms with Crippen LogP contribution in [0.4, 0.5) is 13.2 Å². The Hall–Kier alpha value is -1.25. The van der Waals surface area contributed by atoms with E-state index in [1.165, 1.54) is 12.1 Å². The molecule has 128 valence electrons. The third-order valence-corrected chi connectivity index (χ3v) is 6.42. The van der Waals surface area contributed by atoms with E-state index in [1.807, 2.05) is 6.92 Å². The van der Waals surface area contributed by atoms with Crippen LogP contribution < -0.4 is 0 Å². The van der Waals surface area contributed by atoms with Crippen molar-refractivity contribution in [2.75, 3.05) is 0 Å². The number of terminal acetylenes is 1. The molecule has 0 aliphatic rings. The van der Waals surface area contributed by atoms with Gasteiger partial charge < -0.3 is 4.43 Å². The molecule has 0 amide bonds. The van der Waals surface area contributed by atoms with E-state index < -0.39 is 26.2 Å². The summed E-state index contributed by atoms with van der Waals surface area (Å²) in [5.41, 5.74) is 0.108. The van der Waals surface area contributed by atoms with E-state index in [2.05, 4.69) is 32.9 Å². The van der Waals surface area contributed by atoms with Gasteiger partial charge in [-0.25, -0.2) is 0 Å². The van der Waals surface area contributed by atoms with Gasteiger partial charge in [0.2, 0.25) is 0 Å². The molecule has 1 nitrogen and oxygen atoms in total. The average molecular weight is 342 g/mol. The lowest BCUT2D eigenvalue weighted by molar-refractivity contribution is -0.137. The molecule has 0 spiro atoms. The SMILES string of the molecule is C#CC(O[Si](C)(C)CC(C)C)C(C)c1ccc(C(F)(F)F)cc1. The van der Waals surface area contributed by atoms with Crippen LogP contribution in [0.1, 0.15) is 37.8 Å². The zero-order chi connectivity index (χ0) is 17.8.